The number of nitrogens with zero attached hydrogens (tertiary/aromatic N) is 12. The number of carbonyl (C=O) groups excluding carboxylic acids is 2. The quantitative estimate of drug-likeness (QED) is 0.0531. The number of aromatic nitrogens is 8. The van der Waals surface area contributed by atoms with Crippen molar-refractivity contribution in [3.8, 4) is 44.5 Å². The fourth-order valence-corrected chi connectivity index (χ4v) is 29.4. The number of amides is 1. The molecule has 1 amide bonds. The Kier molecular flexibility index (Phi) is 28.5. The molecule has 4 aliphatic heterocycles. The summed E-state index contributed by atoms with van der Waals surface area (Å²) >= 11 is 0. The molecule has 141 heavy (non-hydrogen) atoms. The molecular formula is C100H98N14O19S8. The van der Waals surface area contributed by atoms with Gasteiger partial charge in [0.1, 0.15) is 5.60 Å². The van der Waals surface area contributed by atoms with E-state index in [1.807, 2.05) is 0 Å². The first-order valence-corrected chi connectivity index (χ1v) is 56.7. The topological polar surface area (TPSA) is 439 Å². The zero-order valence-electron chi connectivity index (χ0n) is 76.6. The summed E-state index contributed by atoms with van der Waals surface area (Å²) in [6.07, 6.45) is 14.3. The Morgan fingerprint density at radius 1 is 0.326 bits per heavy atom. The van der Waals surface area contributed by atoms with Crippen molar-refractivity contribution >= 4 is 137 Å². The van der Waals surface area contributed by atoms with Gasteiger partial charge in [0.25, 0.3) is 40.1 Å². The van der Waals surface area contributed by atoms with Crippen LogP contribution in [0.2, 0.25) is 0 Å². The first kappa shape index (κ1) is 99.4. The van der Waals surface area contributed by atoms with Crippen LogP contribution in [0, 0.1) is 0 Å². The van der Waals surface area contributed by atoms with E-state index in [-0.39, 0.29) is 80.6 Å². The van der Waals surface area contributed by atoms with Crippen LogP contribution in [0.4, 0.5) is 4.79 Å². The number of hydrogen-bond donors (Lipinski definition) is 2. The largest absolute Gasteiger partial charge is 0.444 e. The lowest BCUT2D eigenvalue weighted by atomic mass is 10.0. The average Bonchev–Trinajstić information content (AvgIpc) is 1.60. The van der Waals surface area contributed by atoms with E-state index in [1.54, 1.807) is 258 Å². The minimum atomic E-state index is -4.09. The van der Waals surface area contributed by atoms with Gasteiger partial charge in [0.15, 0.2) is 28.9 Å². The number of hydrogen-bond acceptors (Lipinski definition) is 24. The predicted octanol–water partition coefficient (Wildman–Crippen LogP) is 15.2. The number of fused-ring (bicyclic) bond motifs is 4. The Hall–Kier alpha value is -13.1. The van der Waals surface area contributed by atoms with E-state index in [0.717, 1.165) is 81.6 Å². The lowest BCUT2D eigenvalue weighted by Gasteiger charge is -2.20. The van der Waals surface area contributed by atoms with Crippen molar-refractivity contribution in [3.63, 3.8) is 0 Å². The number of rotatable bonds is 24. The van der Waals surface area contributed by atoms with Crippen molar-refractivity contribution in [2.24, 2.45) is 5.73 Å². The van der Waals surface area contributed by atoms with Gasteiger partial charge in [-0.05, 0) is 262 Å². The normalized spacial score (nSPS) is 15.1. The highest BCUT2D eigenvalue weighted by atomic mass is 32.2. The van der Waals surface area contributed by atoms with Gasteiger partial charge in [0.05, 0.1) is 62.8 Å². The lowest BCUT2D eigenvalue weighted by molar-refractivity contribution is 0.0522. The summed E-state index contributed by atoms with van der Waals surface area (Å²) in [5, 5.41) is 4.94. The molecule has 0 bridgehead atoms. The molecule has 33 nitrogen and oxygen atoms in total. The molecule has 16 aromatic rings. The summed E-state index contributed by atoms with van der Waals surface area (Å²) in [4.78, 5) is 42.9. The third-order valence-corrected chi connectivity index (χ3v) is 39.0. The van der Waals surface area contributed by atoms with E-state index < -0.39 is 91.9 Å². The maximum absolute atomic E-state index is 13.8. The van der Waals surface area contributed by atoms with E-state index in [1.165, 1.54) is 86.2 Å². The molecule has 730 valence electrons. The molecule has 0 atom stereocenters. The van der Waals surface area contributed by atoms with Crippen molar-refractivity contribution in [2.75, 3.05) is 52.4 Å². The third-order valence-electron chi connectivity index (χ3n) is 24.5. The summed E-state index contributed by atoms with van der Waals surface area (Å²) in [5.41, 5.74) is 12.5. The number of alkyl carbamates (subject to hydrolysis) is 1. The van der Waals surface area contributed by atoms with Gasteiger partial charge in [0, 0.05) is 111 Å². The molecule has 3 N–H and O–H groups in total. The zero-order valence-corrected chi connectivity index (χ0v) is 83.1. The van der Waals surface area contributed by atoms with Crippen molar-refractivity contribution < 1.29 is 81.7 Å². The van der Waals surface area contributed by atoms with E-state index in [4.69, 9.17) is 10.5 Å². The summed E-state index contributed by atoms with van der Waals surface area (Å²) < 4.78 is 226. The molecule has 20 rings (SSSR count). The van der Waals surface area contributed by atoms with Crippen LogP contribution >= 0.6 is 0 Å². The Morgan fingerprint density at radius 2 is 0.596 bits per heavy atom. The molecule has 4 aliphatic rings. The first-order chi connectivity index (χ1) is 67.4. The van der Waals surface area contributed by atoms with Crippen molar-refractivity contribution in [3.05, 3.63) is 315 Å². The van der Waals surface area contributed by atoms with Gasteiger partial charge in [-0.25, -0.2) is 108 Å². The average molecular weight is 2060 g/mol. The van der Waals surface area contributed by atoms with Gasteiger partial charge < -0.3 is 15.8 Å². The Bertz CT molecular complexity index is 8390. The molecular weight excluding hydrogens is 1960 g/mol. The fourth-order valence-electron chi connectivity index (χ4n) is 17.5. The fraction of sp³-hybridized carbons (Fsp3) is 0.220. The maximum Gasteiger partial charge on any atom is 0.407 e. The zero-order chi connectivity index (χ0) is 99.6. The van der Waals surface area contributed by atoms with Gasteiger partial charge in [-0.1, -0.05) is 121 Å². The number of nitrogens with two attached hydrogens (primary N) is 1. The number of ether oxygens (including phenoxy) is 1. The van der Waals surface area contributed by atoms with Gasteiger partial charge in [-0.15, -0.1) is 0 Å². The number of pyridine rings is 4. The minimum Gasteiger partial charge on any atom is -0.444 e. The van der Waals surface area contributed by atoms with E-state index in [9.17, 15) is 76.9 Å². The SMILES string of the molecule is CC(C)(C)OC(=O)NCc1cc2c(-c3ccc(S(=O)(=O)N4CCCC4)cc3)ccnc2n1S(=O)(=O)c1ccccc1.NCc1cc2c(-c3ccc(S(=O)(=O)N4CCCC4)cc3)ccnc2n1S(=O)(=O)c1ccccc1.O=Cc1cc2c(-c3ccc(S(=O)(=O)N4CCCC4)cc3)ccnc2n1S(=O)(=O)c1ccccc1.O=S(=O)(c1ccc(-c2ccnc3c2ccn3S(=O)(=O)c2ccccc2)cc1)N1CCCC1. The number of aldehydes is 1. The van der Waals surface area contributed by atoms with Crippen LogP contribution in [0.3, 0.4) is 0 Å². The molecule has 0 unspecified atom stereocenters. The van der Waals surface area contributed by atoms with Crippen LogP contribution in [-0.4, -0.2) is 191 Å². The molecule has 41 heteroatoms. The molecule has 8 aromatic heterocycles. The minimum absolute atomic E-state index is 0.00881. The van der Waals surface area contributed by atoms with E-state index in [2.05, 4.69) is 25.3 Å². The van der Waals surface area contributed by atoms with Crippen molar-refractivity contribution in [1.82, 2.24) is 58.4 Å². The van der Waals surface area contributed by atoms with Crippen LogP contribution in [-0.2, 0) is 98.0 Å². The number of benzene rings is 8. The van der Waals surface area contributed by atoms with Crippen molar-refractivity contribution in [2.45, 2.75) is 130 Å². The Labute approximate surface area is 818 Å². The third kappa shape index (κ3) is 20.1. The number of carbonyl (C=O) groups is 2. The van der Waals surface area contributed by atoms with E-state index in [0.29, 0.717) is 114 Å². The first-order valence-electron chi connectivity index (χ1n) is 45.2. The summed E-state index contributed by atoms with van der Waals surface area (Å²) in [6, 6.07) is 72.2. The van der Waals surface area contributed by atoms with E-state index >= 15 is 0 Å². The molecule has 8 aromatic carbocycles. The van der Waals surface area contributed by atoms with Crippen LogP contribution < -0.4 is 11.1 Å². The van der Waals surface area contributed by atoms with Crippen LogP contribution in [0.15, 0.2) is 337 Å². The maximum atomic E-state index is 13.8. The molecule has 0 spiro atoms. The molecule has 12 heterocycles. The molecule has 0 radical (unpaired) electrons. The highest BCUT2D eigenvalue weighted by Gasteiger charge is 2.36. The smallest absolute Gasteiger partial charge is 0.407 e. The lowest BCUT2D eigenvalue weighted by Crippen LogP contribution is -2.33. The van der Waals surface area contributed by atoms with Crippen LogP contribution in [0.1, 0.15) is 94.0 Å². The summed E-state index contributed by atoms with van der Waals surface area (Å²) in [6.45, 7) is 9.34. The number of nitrogens with one attached hydrogen (secondary N) is 1. The second-order valence-electron chi connectivity index (χ2n) is 34.6. The molecule has 0 saturated carbocycles. The number of sulfonamides is 4. The summed E-state index contributed by atoms with van der Waals surface area (Å²) in [7, 11) is -30.0. The van der Waals surface area contributed by atoms with Gasteiger partial charge in [0.2, 0.25) is 40.1 Å². The van der Waals surface area contributed by atoms with Gasteiger partial charge in [-0.3, -0.25) is 4.79 Å². The highest BCUT2D eigenvalue weighted by molar-refractivity contribution is 7.91. The van der Waals surface area contributed by atoms with Gasteiger partial charge in [-0.2, -0.15) is 17.2 Å². The predicted molar refractivity (Wildman–Crippen MR) is 535 cm³/mol. The van der Waals surface area contributed by atoms with Crippen LogP contribution in [0.5, 0.6) is 0 Å². The second kappa shape index (κ2) is 40.5. The summed E-state index contributed by atoms with van der Waals surface area (Å²) in [5.74, 6) is 0. The highest BCUT2D eigenvalue weighted by Crippen LogP contribution is 2.40. The monoisotopic (exact) mass is 2050 g/mol. The molecule has 4 saturated heterocycles. The standard InChI is InChI=1S/C29H32N4O6S2.C24H24N4O4S2.C24H21N3O5S2.C23H21N3O4S2/c1-29(2,3)39-28(34)31-20-22-19-26-25(21-11-13-24(14-12-21)40(35,36)32-17-7-8-18-32)15-16-30-27(26)33(22)41(37,38)23-9-5-4-6-10-23;25-17-19-16-23-22(18-8-10-21(11-9-18)33(29,30)27-14-4-5-15-27)12-13-26-24(23)28(19)34(31,32)20-6-2-1-3-7-20;28-17-19-16-23-22(18-8-10-21(11-9-18)33(29,30)26-14-4-5-15-26)12-13-25-24(23)27(19)34(31,32)20-6-2-1-3-7-20;27-31(28,25-15-4-5-16-25)20-10-8-18(9-11-20)21-12-14-24-23-22(21)13-17-26(23)32(29,30)19-6-2-1-3-7-19/h4-6,9-16,19H,7-8,17-18,20H2,1-3H3,(H,31,34);1-3,6-13,16H,4-5,14-15,17,25H2;1-3,6-13,16-17H,4-5,14-15H2;1-3,6-14,17H,4-5,15-16H2. The second-order valence-corrected chi connectivity index (χ2v) is 49.5. The molecule has 0 aliphatic carbocycles. The van der Waals surface area contributed by atoms with Gasteiger partial charge >= 0.3 is 6.09 Å². The van der Waals surface area contributed by atoms with Crippen molar-refractivity contribution in [1.29, 1.82) is 0 Å². The molecule has 4 fully saturated rings. The van der Waals surface area contributed by atoms with Crippen LogP contribution in [0.25, 0.3) is 88.6 Å². The Balaban J connectivity index is 0.000000130. The Morgan fingerprint density at radius 3 is 0.908 bits per heavy atom.